The molecule has 0 bridgehead atoms. The van der Waals surface area contributed by atoms with Gasteiger partial charge in [-0.05, 0) is 6.92 Å². The first-order valence-electron chi connectivity index (χ1n) is 5.98. The second-order valence-electron chi connectivity index (χ2n) is 4.57. The number of hydrogen-bond acceptors (Lipinski definition) is 3. The summed E-state index contributed by atoms with van der Waals surface area (Å²) in [4.78, 5) is 25.4. The highest BCUT2D eigenvalue weighted by Crippen LogP contribution is 2.35. The van der Waals surface area contributed by atoms with Crippen molar-refractivity contribution in [3.05, 3.63) is 35.9 Å². The van der Waals surface area contributed by atoms with Gasteiger partial charge < -0.3 is 10.1 Å². The molecule has 0 radical (unpaired) electrons. The van der Waals surface area contributed by atoms with Crippen LogP contribution in [-0.2, 0) is 14.3 Å². The SMILES string of the molecule is C[C@H]1O[C@H](c2ccccc2)N2C(=O)CNC(=O)[C@H]12. The van der Waals surface area contributed by atoms with Crippen LogP contribution in [0.15, 0.2) is 30.3 Å². The van der Waals surface area contributed by atoms with Crippen molar-refractivity contribution in [3.63, 3.8) is 0 Å². The molecule has 0 aliphatic carbocycles. The Morgan fingerprint density at radius 2 is 2.00 bits per heavy atom. The molecule has 1 aromatic carbocycles. The van der Waals surface area contributed by atoms with E-state index in [0.29, 0.717) is 0 Å². The summed E-state index contributed by atoms with van der Waals surface area (Å²) >= 11 is 0. The fourth-order valence-corrected chi connectivity index (χ4v) is 2.56. The molecule has 94 valence electrons. The molecular formula is C13H14N2O3. The highest BCUT2D eigenvalue weighted by atomic mass is 16.5. The Morgan fingerprint density at radius 3 is 2.72 bits per heavy atom. The van der Waals surface area contributed by atoms with Crippen LogP contribution in [0, 0.1) is 0 Å². The summed E-state index contributed by atoms with van der Waals surface area (Å²) in [5.74, 6) is -0.238. The molecule has 0 saturated carbocycles. The standard InChI is InChI=1S/C13H14N2O3/c1-8-11-12(17)14-7-10(16)15(11)13(18-8)9-5-3-2-4-6-9/h2-6,8,11,13H,7H2,1H3,(H,14,17)/t8-,11+,13-/m1/s1. The Bertz CT molecular complexity index is 488. The second kappa shape index (κ2) is 4.10. The summed E-state index contributed by atoms with van der Waals surface area (Å²) < 4.78 is 5.78. The van der Waals surface area contributed by atoms with Gasteiger partial charge in [-0.2, -0.15) is 0 Å². The number of hydrogen-bond donors (Lipinski definition) is 1. The van der Waals surface area contributed by atoms with Crippen molar-refractivity contribution in [1.82, 2.24) is 10.2 Å². The quantitative estimate of drug-likeness (QED) is 0.781. The van der Waals surface area contributed by atoms with Gasteiger partial charge in [-0.25, -0.2) is 0 Å². The molecule has 0 aromatic heterocycles. The Hall–Kier alpha value is -1.88. The van der Waals surface area contributed by atoms with Crippen molar-refractivity contribution in [2.24, 2.45) is 0 Å². The maximum absolute atomic E-state index is 12.0. The zero-order valence-corrected chi connectivity index (χ0v) is 10.00. The fraction of sp³-hybridized carbons (Fsp3) is 0.385. The van der Waals surface area contributed by atoms with E-state index in [4.69, 9.17) is 4.74 Å². The number of fused-ring (bicyclic) bond motifs is 1. The number of nitrogens with zero attached hydrogens (tertiary/aromatic N) is 1. The van der Waals surface area contributed by atoms with Gasteiger partial charge in [0.2, 0.25) is 11.8 Å². The van der Waals surface area contributed by atoms with E-state index in [1.54, 1.807) is 4.90 Å². The lowest BCUT2D eigenvalue weighted by Crippen LogP contribution is -2.58. The zero-order chi connectivity index (χ0) is 12.7. The molecule has 2 aliphatic rings. The third kappa shape index (κ3) is 1.59. The van der Waals surface area contributed by atoms with Crippen molar-refractivity contribution in [2.75, 3.05) is 6.54 Å². The summed E-state index contributed by atoms with van der Waals surface area (Å²) in [5.41, 5.74) is 0.898. The predicted octanol–water partition coefficient (Wildman–Crippen LogP) is 0.431. The van der Waals surface area contributed by atoms with Crippen LogP contribution in [0.4, 0.5) is 0 Å². The van der Waals surface area contributed by atoms with E-state index in [9.17, 15) is 9.59 Å². The Labute approximate surface area is 105 Å². The number of piperazine rings is 1. The van der Waals surface area contributed by atoms with Gasteiger partial charge in [0.05, 0.1) is 12.6 Å². The van der Waals surface area contributed by atoms with Crippen molar-refractivity contribution in [1.29, 1.82) is 0 Å². The highest BCUT2D eigenvalue weighted by Gasteiger charge is 2.49. The van der Waals surface area contributed by atoms with Gasteiger partial charge in [-0.15, -0.1) is 0 Å². The number of amides is 2. The van der Waals surface area contributed by atoms with E-state index >= 15 is 0 Å². The molecule has 2 amide bonds. The molecule has 2 heterocycles. The molecule has 2 fully saturated rings. The number of benzene rings is 1. The topological polar surface area (TPSA) is 58.6 Å². The van der Waals surface area contributed by atoms with E-state index < -0.39 is 12.3 Å². The highest BCUT2D eigenvalue weighted by molar-refractivity contribution is 5.95. The molecule has 0 unspecified atom stereocenters. The predicted molar refractivity (Wildman–Crippen MR) is 63.4 cm³/mol. The third-order valence-electron chi connectivity index (χ3n) is 3.40. The average molecular weight is 246 g/mol. The number of ether oxygens (including phenoxy) is 1. The Balaban J connectivity index is 1.98. The minimum atomic E-state index is -0.517. The van der Waals surface area contributed by atoms with E-state index in [1.165, 1.54) is 0 Å². The second-order valence-corrected chi connectivity index (χ2v) is 4.57. The van der Waals surface area contributed by atoms with Crippen LogP contribution in [0.1, 0.15) is 18.7 Å². The first-order chi connectivity index (χ1) is 8.68. The third-order valence-corrected chi connectivity index (χ3v) is 3.40. The van der Waals surface area contributed by atoms with Gasteiger partial charge in [0, 0.05) is 5.56 Å². The van der Waals surface area contributed by atoms with Gasteiger partial charge in [-0.3, -0.25) is 14.5 Å². The van der Waals surface area contributed by atoms with Crippen molar-refractivity contribution in [2.45, 2.75) is 25.3 Å². The first kappa shape index (κ1) is 11.2. The normalized spacial score (nSPS) is 31.2. The van der Waals surface area contributed by atoms with Gasteiger partial charge in [0.25, 0.3) is 0 Å². The minimum Gasteiger partial charge on any atom is -0.348 e. The maximum Gasteiger partial charge on any atom is 0.246 e. The van der Waals surface area contributed by atoms with E-state index in [0.717, 1.165) is 5.56 Å². The number of carbonyl (C=O) groups is 2. The molecule has 18 heavy (non-hydrogen) atoms. The number of rotatable bonds is 1. The maximum atomic E-state index is 12.0. The first-order valence-corrected chi connectivity index (χ1v) is 5.98. The zero-order valence-electron chi connectivity index (χ0n) is 10.00. The lowest BCUT2D eigenvalue weighted by Gasteiger charge is -2.32. The largest absolute Gasteiger partial charge is 0.348 e. The van der Waals surface area contributed by atoms with Gasteiger partial charge in [-0.1, -0.05) is 30.3 Å². The van der Waals surface area contributed by atoms with Crippen LogP contribution < -0.4 is 5.32 Å². The smallest absolute Gasteiger partial charge is 0.246 e. The van der Waals surface area contributed by atoms with Gasteiger partial charge in [0.1, 0.15) is 6.04 Å². The van der Waals surface area contributed by atoms with Crippen LogP contribution in [0.3, 0.4) is 0 Å². The van der Waals surface area contributed by atoms with E-state index in [2.05, 4.69) is 5.32 Å². The number of nitrogens with one attached hydrogen (secondary N) is 1. The molecule has 1 N–H and O–H groups in total. The molecule has 3 rings (SSSR count). The van der Waals surface area contributed by atoms with Crippen molar-refractivity contribution in [3.8, 4) is 0 Å². The lowest BCUT2D eigenvalue weighted by molar-refractivity contribution is -0.147. The van der Waals surface area contributed by atoms with Gasteiger partial charge >= 0.3 is 0 Å². The van der Waals surface area contributed by atoms with E-state index in [-0.39, 0.29) is 24.5 Å². The van der Waals surface area contributed by atoms with Crippen LogP contribution in [0.25, 0.3) is 0 Å². The summed E-state index contributed by atoms with van der Waals surface area (Å²) in [6.07, 6.45) is -0.746. The Morgan fingerprint density at radius 1 is 1.28 bits per heavy atom. The van der Waals surface area contributed by atoms with Crippen LogP contribution in [-0.4, -0.2) is 35.4 Å². The van der Waals surface area contributed by atoms with Crippen LogP contribution >= 0.6 is 0 Å². The minimum absolute atomic E-state index is 0.0503. The van der Waals surface area contributed by atoms with Crippen molar-refractivity contribution < 1.29 is 14.3 Å². The summed E-state index contributed by atoms with van der Waals surface area (Å²) in [7, 11) is 0. The molecule has 0 spiro atoms. The average Bonchev–Trinajstić information content (AvgIpc) is 2.74. The fourth-order valence-electron chi connectivity index (χ4n) is 2.56. The monoisotopic (exact) mass is 246 g/mol. The molecule has 5 nitrogen and oxygen atoms in total. The molecule has 2 aliphatic heterocycles. The Kier molecular flexibility index (Phi) is 2.56. The lowest BCUT2D eigenvalue weighted by atomic mass is 10.1. The summed E-state index contributed by atoms with van der Waals surface area (Å²) in [6, 6.07) is 8.98. The molecule has 3 atom stereocenters. The van der Waals surface area contributed by atoms with Crippen molar-refractivity contribution >= 4 is 11.8 Å². The molecule has 5 heteroatoms. The van der Waals surface area contributed by atoms with Gasteiger partial charge in [0.15, 0.2) is 6.23 Å². The number of carbonyl (C=O) groups excluding carboxylic acids is 2. The van der Waals surface area contributed by atoms with E-state index in [1.807, 2.05) is 37.3 Å². The molecular weight excluding hydrogens is 232 g/mol. The molecule has 2 saturated heterocycles. The molecule has 1 aromatic rings. The van der Waals surface area contributed by atoms with Crippen LogP contribution in [0.5, 0.6) is 0 Å². The van der Waals surface area contributed by atoms with Crippen LogP contribution in [0.2, 0.25) is 0 Å². The summed E-state index contributed by atoms with van der Waals surface area (Å²) in [6.45, 7) is 1.87. The summed E-state index contributed by atoms with van der Waals surface area (Å²) in [5, 5.41) is 2.60.